The minimum Gasteiger partial charge on any atom is -0.354 e. The van der Waals surface area contributed by atoms with Gasteiger partial charge in [-0.25, -0.2) is 12.7 Å². The van der Waals surface area contributed by atoms with Crippen LogP contribution in [0.4, 0.5) is 0 Å². The minimum absolute atomic E-state index is 0.0905. The van der Waals surface area contributed by atoms with Crippen molar-refractivity contribution in [1.82, 2.24) is 9.62 Å². The van der Waals surface area contributed by atoms with Gasteiger partial charge in [-0.3, -0.25) is 4.79 Å². The first-order valence-corrected chi connectivity index (χ1v) is 8.29. The summed E-state index contributed by atoms with van der Waals surface area (Å²) >= 11 is 0. The highest BCUT2D eigenvalue weighted by Crippen LogP contribution is 2.08. The zero-order chi connectivity index (χ0) is 15.1. The summed E-state index contributed by atoms with van der Waals surface area (Å²) in [7, 11) is -1.59. The molecule has 3 N–H and O–H groups in total. The highest BCUT2D eigenvalue weighted by atomic mass is 32.2. The Kier molecular flexibility index (Phi) is 7.54. The van der Waals surface area contributed by atoms with Crippen molar-refractivity contribution in [2.45, 2.75) is 45.6 Å². The molecule has 0 heterocycles. The summed E-state index contributed by atoms with van der Waals surface area (Å²) in [5.74, 6) is -0.0944. The van der Waals surface area contributed by atoms with E-state index in [1.165, 1.54) is 4.31 Å². The van der Waals surface area contributed by atoms with Crippen molar-refractivity contribution < 1.29 is 13.2 Å². The molecule has 1 amide bonds. The smallest absolute Gasteiger partial charge is 0.239 e. The highest BCUT2D eigenvalue weighted by molar-refractivity contribution is 7.89. The first-order valence-electron chi connectivity index (χ1n) is 6.68. The predicted octanol–water partition coefficient (Wildman–Crippen LogP) is 0.292. The molecule has 0 aliphatic rings. The Balaban J connectivity index is 4.03. The molecule has 0 saturated heterocycles. The van der Waals surface area contributed by atoms with E-state index < -0.39 is 15.6 Å². The Labute approximate surface area is 116 Å². The monoisotopic (exact) mass is 293 g/mol. The maximum atomic E-state index is 11.8. The summed E-state index contributed by atoms with van der Waals surface area (Å²) < 4.78 is 24.3. The molecule has 0 spiro atoms. The molecule has 1 unspecified atom stereocenters. The third-order valence-corrected chi connectivity index (χ3v) is 4.92. The number of sulfonamides is 1. The summed E-state index contributed by atoms with van der Waals surface area (Å²) in [6, 6.07) is 0. The lowest BCUT2D eigenvalue weighted by Gasteiger charge is -2.23. The van der Waals surface area contributed by atoms with Gasteiger partial charge in [0.1, 0.15) is 0 Å². The molecule has 0 aliphatic carbocycles. The largest absolute Gasteiger partial charge is 0.354 e. The number of hydrogen-bond donors (Lipinski definition) is 2. The average molecular weight is 293 g/mol. The van der Waals surface area contributed by atoms with E-state index in [0.29, 0.717) is 25.9 Å². The average Bonchev–Trinajstić information content (AvgIpc) is 2.33. The van der Waals surface area contributed by atoms with Crippen LogP contribution in [-0.2, 0) is 14.8 Å². The van der Waals surface area contributed by atoms with Crippen LogP contribution in [-0.4, -0.2) is 50.1 Å². The van der Waals surface area contributed by atoms with Gasteiger partial charge in [0.25, 0.3) is 0 Å². The molecule has 0 aliphatic heterocycles. The number of nitrogens with two attached hydrogens (primary N) is 1. The zero-order valence-electron chi connectivity index (χ0n) is 12.4. The lowest BCUT2D eigenvalue weighted by atomic mass is 9.96. The van der Waals surface area contributed by atoms with Crippen molar-refractivity contribution in [1.29, 1.82) is 0 Å². The number of rotatable bonds is 9. The van der Waals surface area contributed by atoms with Crippen LogP contribution in [0.2, 0.25) is 0 Å². The van der Waals surface area contributed by atoms with Crippen molar-refractivity contribution in [3.8, 4) is 0 Å². The lowest BCUT2D eigenvalue weighted by Crippen LogP contribution is -2.51. The van der Waals surface area contributed by atoms with Crippen molar-refractivity contribution >= 4 is 15.9 Å². The molecule has 0 aromatic carbocycles. The van der Waals surface area contributed by atoms with Crippen LogP contribution in [0.15, 0.2) is 0 Å². The predicted molar refractivity (Wildman–Crippen MR) is 77.2 cm³/mol. The van der Waals surface area contributed by atoms with Gasteiger partial charge in [-0.1, -0.05) is 13.3 Å². The Morgan fingerprint density at radius 3 is 2.42 bits per heavy atom. The van der Waals surface area contributed by atoms with Crippen LogP contribution in [0, 0.1) is 0 Å². The molecule has 0 fully saturated rings. The standard InChI is InChI=1S/C12H27N3O3S/c1-5-8-12(3,13)11(16)14-9-7-10-15(4)19(17,18)6-2/h5-10,13H2,1-4H3,(H,14,16). The third-order valence-electron chi connectivity index (χ3n) is 3.06. The fourth-order valence-corrected chi connectivity index (χ4v) is 2.55. The van der Waals surface area contributed by atoms with E-state index in [9.17, 15) is 13.2 Å². The van der Waals surface area contributed by atoms with Gasteiger partial charge < -0.3 is 11.1 Å². The van der Waals surface area contributed by atoms with Gasteiger partial charge in [-0.2, -0.15) is 0 Å². The Morgan fingerprint density at radius 1 is 1.37 bits per heavy atom. The molecule has 7 heteroatoms. The summed E-state index contributed by atoms with van der Waals surface area (Å²) in [5, 5.41) is 2.75. The number of hydrogen-bond acceptors (Lipinski definition) is 4. The minimum atomic E-state index is -3.14. The first kappa shape index (κ1) is 18.3. The number of nitrogens with zero attached hydrogens (tertiary/aromatic N) is 1. The molecule has 6 nitrogen and oxygen atoms in total. The van der Waals surface area contributed by atoms with Crippen molar-refractivity contribution in [3.05, 3.63) is 0 Å². The van der Waals surface area contributed by atoms with Gasteiger partial charge in [0, 0.05) is 20.1 Å². The van der Waals surface area contributed by atoms with Crippen LogP contribution in [0.5, 0.6) is 0 Å². The first-order chi connectivity index (χ1) is 8.67. The van der Waals surface area contributed by atoms with E-state index in [2.05, 4.69) is 5.32 Å². The normalized spacial score (nSPS) is 15.3. The van der Waals surface area contributed by atoms with E-state index >= 15 is 0 Å². The molecular weight excluding hydrogens is 266 g/mol. The van der Waals surface area contributed by atoms with Gasteiger partial charge in [0.05, 0.1) is 11.3 Å². The quantitative estimate of drug-likeness (QED) is 0.598. The van der Waals surface area contributed by atoms with Crippen molar-refractivity contribution in [3.63, 3.8) is 0 Å². The van der Waals surface area contributed by atoms with Gasteiger partial charge >= 0.3 is 0 Å². The Hall–Kier alpha value is -0.660. The Morgan fingerprint density at radius 2 is 1.95 bits per heavy atom. The summed E-state index contributed by atoms with van der Waals surface area (Å²) in [6.07, 6.45) is 2.05. The van der Waals surface area contributed by atoms with E-state index in [1.807, 2.05) is 6.92 Å². The maximum Gasteiger partial charge on any atom is 0.239 e. The van der Waals surface area contributed by atoms with Gasteiger partial charge in [0.2, 0.25) is 15.9 Å². The second-order valence-electron chi connectivity index (χ2n) is 5.00. The molecule has 0 saturated carbocycles. The van der Waals surface area contributed by atoms with E-state index in [-0.39, 0.29) is 11.7 Å². The van der Waals surface area contributed by atoms with Crippen LogP contribution in [0.1, 0.15) is 40.0 Å². The molecule has 0 radical (unpaired) electrons. The maximum absolute atomic E-state index is 11.8. The van der Waals surface area contributed by atoms with Crippen LogP contribution in [0.3, 0.4) is 0 Å². The molecule has 1 atom stereocenters. The van der Waals surface area contributed by atoms with E-state index in [4.69, 9.17) is 5.73 Å². The molecule has 114 valence electrons. The van der Waals surface area contributed by atoms with Crippen molar-refractivity contribution in [2.75, 3.05) is 25.9 Å². The second kappa shape index (κ2) is 7.81. The Bertz CT molecular complexity index is 380. The van der Waals surface area contributed by atoms with Crippen molar-refractivity contribution in [2.24, 2.45) is 5.73 Å². The summed E-state index contributed by atoms with van der Waals surface area (Å²) in [4.78, 5) is 11.8. The van der Waals surface area contributed by atoms with E-state index in [0.717, 1.165) is 6.42 Å². The third kappa shape index (κ3) is 6.35. The number of nitrogens with one attached hydrogen (secondary N) is 1. The molecule has 0 rings (SSSR count). The number of amides is 1. The molecule has 0 aromatic rings. The fourth-order valence-electron chi connectivity index (χ4n) is 1.70. The van der Waals surface area contributed by atoms with Crippen LogP contribution < -0.4 is 11.1 Å². The summed E-state index contributed by atoms with van der Waals surface area (Å²) in [5.41, 5.74) is 5.03. The number of carbonyl (C=O) groups excluding carboxylic acids is 1. The highest BCUT2D eigenvalue weighted by Gasteiger charge is 2.26. The molecule has 0 bridgehead atoms. The molecule has 0 aromatic heterocycles. The summed E-state index contributed by atoms with van der Waals surface area (Å²) in [6.45, 7) is 6.12. The number of carbonyl (C=O) groups is 1. The van der Waals surface area contributed by atoms with Gasteiger partial charge in [-0.15, -0.1) is 0 Å². The lowest BCUT2D eigenvalue weighted by molar-refractivity contribution is -0.126. The van der Waals surface area contributed by atoms with Gasteiger partial charge in [0.15, 0.2) is 0 Å². The van der Waals surface area contributed by atoms with Gasteiger partial charge in [-0.05, 0) is 26.7 Å². The fraction of sp³-hybridized carbons (Fsp3) is 0.917. The van der Waals surface area contributed by atoms with E-state index in [1.54, 1.807) is 20.9 Å². The zero-order valence-corrected chi connectivity index (χ0v) is 13.2. The van der Waals surface area contributed by atoms with Crippen LogP contribution >= 0.6 is 0 Å². The SMILES string of the molecule is CCCC(C)(N)C(=O)NCCCN(C)S(=O)(=O)CC. The molecular formula is C12H27N3O3S. The van der Waals surface area contributed by atoms with Crippen LogP contribution in [0.25, 0.3) is 0 Å². The topological polar surface area (TPSA) is 92.5 Å². The molecule has 19 heavy (non-hydrogen) atoms. The second-order valence-corrected chi connectivity index (χ2v) is 7.36.